The lowest BCUT2D eigenvalue weighted by molar-refractivity contribution is 0.287. The number of aryl methyl sites for hydroxylation is 1. The van der Waals surface area contributed by atoms with Crippen LogP contribution >= 0.6 is 11.3 Å². The fraction of sp³-hybridized carbons (Fsp3) is 0.292. The Labute approximate surface area is 187 Å². The van der Waals surface area contributed by atoms with E-state index in [2.05, 4.69) is 15.2 Å². The summed E-state index contributed by atoms with van der Waals surface area (Å²) in [6.07, 6.45) is 4.13. The zero-order chi connectivity index (χ0) is 21.7. The highest BCUT2D eigenvalue weighted by Crippen LogP contribution is 2.43. The molecule has 0 unspecified atom stereocenters. The zero-order valence-electron chi connectivity index (χ0n) is 17.2. The quantitative estimate of drug-likeness (QED) is 0.443. The molecule has 2 aromatic carbocycles. The summed E-state index contributed by atoms with van der Waals surface area (Å²) in [5.74, 6) is 2.30. The molecule has 2 aliphatic rings. The van der Waals surface area contributed by atoms with Gasteiger partial charge in [-0.3, -0.25) is 9.78 Å². The number of H-pyrrole nitrogens is 1. The molecule has 2 aromatic heterocycles. The number of nitrogens with one attached hydrogen (secondary N) is 1. The van der Waals surface area contributed by atoms with Crippen molar-refractivity contribution in [2.24, 2.45) is 5.92 Å². The number of benzene rings is 2. The van der Waals surface area contributed by atoms with Gasteiger partial charge in [-0.2, -0.15) is 0 Å². The molecule has 4 aromatic rings. The molecule has 1 saturated carbocycles. The van der Waals surface area contributed by atoms with Gasteiger partial charge in [0.15, 0.2) is 0 Å². The molecule has 2 heterocycles. The minimum Gasteiger partial charge on any atom is -0.494 e. The summed E-state index contributed by atoms with van der Waals surface area (Å²) in [6, 6.07) is 13.8. The molecule has 0 saturated heterocycles. The first kappa shape index (κ1) is 19.3. The lowest BCUT2D eigenvalue weighted by atomic mass is 10.00. The van der Waals surface area contributed by atoms with Gasteiger partial charge in [-0.05, 0) is 67.0 Å². The average Bonchev–Trinajstić information content (AvgIpc) is 3.45. The highest BCUT2D eigenvalue weighted by molar-refractivity contribution is 7.09. The highest BCUT2D eigenvalue weighted by atomic mass is 32.1. The molecule has 32 heavy (non-hydrogen) atoms. The van der Waals surface area contributed by atoms with Gasteiger partial charge in [0.1, 0.15) is 5.75 Å². The molecule has 162 valence electrons. The summed E-state index contributed by atoms with van der Waals surface area (Å²) in [5.41, 5.74) is 2.26. The van der Waals surface area contributed by atoms with E-state index < -0.39 is 0 Å². The van der Waals surface area contributed by atoms with E-state index in [1.54, 1.807) is 0 Å². The maximum Gasteiger partial charge on any atom is 0.307 e. The first-order valence-electron chi connectivity index (χ1n) is 10.8. The Hall–Kier alpha value is -3.39. The second kappa shape index (κ2) is 7.63. The first-order valence-corrected chi connectivity index (χ1v) is 11.6. The van der Waals surface area contributed by atoms with Crippen molar-refractivity contribution in [1.82, 2.24) is 15.2 Å². The van der Waals surface area contributed by atoms with E-state index in [0.717, 1.165) is 46.1 Å². The van der Waals surface area contributed by atoms with Crippen molar-refractivity contribution in [3.05, 3.63) is 68.1 Å². The van der Waals surface area contributed by atoms with Crippen LogP contribution in [0.2, 0.25) is 0 Å². The molecular formula is C24H21N3O4S. The summed E-state index contributed by atoms with van der Waals surface area (Å²) in [4.78, 5) is 14.5. The second-order valence-electron chi connectivity index (χ2n) is 8.39. The van der Waals surface area contributed by atoms with Crippen LogP contribution in [0.3, 0.4) is 0 Å². The van der Waals surface area contributed by atoms with E-state index in [4.69, 9.17) is 9.47 Å². The Morgan fingerprint density at radius 3 is 2.59 bits per heavy atom. The van der Waals surface area contributed by atoms with Crippen LogP contribution in [-0.2, 0) is 6.42 Å². The Kier molecular flexibility index (Phi) is 4.61. The Morgan fingerprint density at radius 1 is 1.06 bits per heavy atom. The molecule has 2 aliphatic carbocycles. The fourth-order valence-electron chi connectivity index (χ4n) is 4.33. The van der Waals surface area contributed by atoms with Crippen molar-refractivity contribution in [2.45, 2.75) is 31.6 Å². The summed E-state index contributed by atoms with van der Waals surface area (Å²) in [7, 11) is 0. The normalized spacial score (nSPS) is 17.4. The second-order valence-corrected chi connectivity index (χ2v) is 9.41. The Balaban J connectivity index is 1.29. The monoisotopic (exact) mass is 447 g/mol. The van der Waals surface area contributed by atoms with E-state index in [1.807, 2.05) is 42.5 Å². The number of hydrogen-bond acceptors (Lipinski definition) is 7. The van der Waals surface area contributed by atoms with Crippen molar-refractivity contribution in [3.8, 4) is 23.4 Å². The number of nitrogens with zero attached hydrogens (tertiary/aromatic N) is 2. The van der Waals surface area contributed by atoms with Crippen LogP contribution in [0.5, 0.6) is 23.4 Å². The molecule has 0 bridgehead atoms. The van der Waals surface area contributed by atoms with Crippen LogP contribution in [0.15, 0.2) is 47.3 Å². The summed E-state index contributed by atoms with van der Waals surface area (Å²) >= 11 is 1.07. The third-order valence-corrected chi connectivity index (χ3v) is 7.14. The summed E-state index contributed by atoms with van der Waals surface area (Å²) in [6.45, 7) is 0.677. The molecule has 0 aliphatic heterocycles. The van der Waals surface area contributed by atoms with Gasteiger partial charge in [-0.15, -0.1) is 10.2 Å². The standard InChI is InChI=1S/C24H21N3O4S/c28-21-20(32-24(29)25-21)17-9-7-14-11-15(8-10-16(14)17)31-23-19-4-2-1-3-18(19)22(26-27-23)30-12-13-5-6-13/h1-4,8,10-11,13,17,28H,5-7,9,12H2,(H,25,29)/t17-/m1/s1. The highest BCUT2D eigenvalue weighted by Gasteiger charge is 2.29. The smallest absolute Gasteiger partial charge is 0.307 e. The molecule has 7 nitrogen and oxygen atoms in total. The van der Waals surface area contributed by atoms with Gasteiger partial charge >= 0.3 is 4.87 Å². The fourth-order valence-corrected chi connectivity index (χ4v) is 5.21. The molecule has 1 atom stereocenters. The predicted octanol–water partition coefficient (Wildman–Crippen LogP) is 4.74. The van der Waals surface area contributed by atoms with Gasteiger partial charge in [-0.1, -0.05) is 29.5 Å². The largest absolute Gasteiger partial charge is 0.494 e. The molecule has 8 heteroatoms. The van der Waals surface area contributed by atoms with Crippen LogP contribution in [0.1, 0.15) is 41.2 Å². The minimum atomic E-state index is -0.235. The first-order chi connectivity index (χ1) is 15.7. The maximum atomic E-state index is 11.6. The molecule has 2 N–H and O–H groups in total. The van der Waals surface area contributed by atoms with Crippen molar-refractivity contribution in [3.63, 3.8) is 0 Å². The van der Waals surface area contributed by atoms with Crippen LogP contribution in [0, 0.1) is 5.92 Å². The van der Waals surface area contributed by atoms with Gasteiger partial charge in [0, 0.05) is 5.92 Å². The van der Waals surface area contributed by atoms with Gasteiger partial charge in [0.05, 0.1) is 22.3 Å². The van der Waals surface area contributed by atoms with Crippen LogP contribution in [0.25, 0.3) is 10.8 Å². The van der Waals surface area contributed by atoms with Gasteiger partial charge in [0.25, 0.3) is 0 Å². The maximum absolute atomic E-state index is 11.6. The Morgan fingerprint density at radius 2 is 1.84 bits per heavy atom. The van der Waals surface area contributed by atoms with Crippen LogP contribution < -0.4 is 14.3 Å². The summed E-state index contributed by atoms with van der Waals surface area (Å²) < 4.78 is 12.0. The lowest BCUT2D eigenvalue weighted by Gasteiger charge is -2.13. The lowest BCUT2D eigenvalue weighted by Crippen LogP contribution is -2.03. The number of hydrogen-bond donors (Lipinski definition) is 2. The van der Waals surface area contributed by atoms with Gasteiger partial charge in [0.2, 0.25) is 17.6 Å². The predicted molar refractivity (Wildman–Crippen MR) is 121 cm³/mol. The molecule has 0 spiro atoms. The number of rotatable bonds is 6. The van der Waals surface area contributed by atoms with E-state index in [9.17, 15) is 9.90 Å². The van der Waals surface area contributed by atoms with E-state index >= 15 is 0 Å². The zero-order valence-corrected chi connectivity index (χ0v) is 18.0. The third-order valence-electron chi connectivity index (χ3n) is 6.15. The van der Waals surface area contributed by atoms with E-state index in [-0.39, 0.29) is 16.7 Å². The number of fused-ring (bicyclic) bond motifs is 2. The van der Waals surface area contributed by atoms with E-state index in [0.29, 0.717) is 34.9 Å². The number of thiazole rings is 1. The molecule has 1 fully saturated rings. The molecule has 0 amide bonds. The van der Waals surface area contributed by atoms with Gasteiger partial charge < -0.3 is 14.6 Å². The van der Waals surface area contributed by atoms with Crippen molar-refractivity contribution >= 4 is 22.1 Å². The molecular weight excluding hydrogens is 426 g/mol. The van der Waals surface area contributed by atoms with Gasteiger partial charge in [-0.25, -0.2) is 0 Å². The van der Waals surface area contributed by atoms with Crippen LogP contribution in [0.4, 0.5) is 0 Å². The van der Waals surface area contributed by atoms with Crippen molar-refractivity contribution in [2.75, 3.05) is 6.61 Å². The number of aromatic nitrogens is 3. The summed E-state index contributed by atoms with van der Waals surface area (Å²) in [5, 5.41) is 20.4. The van der Waals surface area contributed by atoms with Crippen molar-refractivity contribution < 1.29 is 14.6 Å². The SMILES string of the molecule is O=c1[nH]c(O)c([C@@H]2CCc3cc(Oc4nnc(OCC5CC5)c5ccccc45)ccc32)s1. The number of ether oxygens (including phenoxy) is 2. The van der Waals surface area contributed by atoms with E-state index in [1.165, 1.54) is 12.8 Å². The molecule has 0 radical (unpaired) electrons. The number of aromatic amines is 1. The third kappa shape index (κ3) is 3.50. The van der Waals surface area contributed by atoms with Crippen molar-refractivity contribution in [1.29, 1.82) is 0 Å². The topological polar surface area (TPSA) is 97.3 Å². The number of aromatic hydroxyl groups is 1. The van der Waals surface area contributed by atoms with Crippen LogP contribution in [-0.4, -0.2) is 26.9 Å². The minimum absolute atomic E-state index is 0.0199. The average molecular weight is 448 g/mol. The Bertz CT molecular complexity index is 1380. The molecule has 6 rings (SSSR count).